The van der Waals surface area contributed by atoms with Gasteiger partial charge in [0.15, 0.2) is 11.6 Å². The molecule has 7 nitrogen and oxygen atoms in total. The van der Waals surface area contributed by atoms with E-state index < -0.39 is 22.8 Å². The number of rotatable bonds is 2. The van der Waals surface area contributed by atoms with Gasteiger partial charge in [0.2, 0.25) is 0 Å². The van der Waals surface area contributed by atoms with Gasteiger partial charge in [0.1, 0.15) is 11.2 Å². The first-order valence-corrected chi connectivity index (χ1v) is 15.7. The Bertz CT molecular complexity index is 1340. The average Bonchev–Trinajstić information content (AvgIpc) is 3.26. The van der Waals surface area contributed by atoms with Crippen LogP contribution in [0.3, 0.4) is 0 Å². The molecule has 1 aromatic rings. The molecule has 41 heavy (non-hydrogen) atoms. The number of anilines is 1. The SMILES string of the molecule is C[C@@]12C[C@H](c3ccc(N4CCCCC4)cc3)C3=C4CCC(=O)C=C4CCC34OC(=O)OCCCC(=O)[C@@]1(O)CCC42. The van der Waals surface area contributed by atoms with E-state index in [0.717, 1.165) is 35.4 Å². The molecule has 7 rings (SSSR count). The third-order valence-electron chi connectivity index (χ3n) is 11.5. The fourth-order valence-corrected chi connectivity index (χ4v) is 9.46. The van der Waals surface area contributed by atoms with Crippen LogP contribution in [0.25, 0.3) is 0 Å². The minimum Gasteiger partial charge on any atom is -0.434 e. The topological polar surface area (TPSA) is 93.1 Å². The lowest BCUT2D eigenvalue weighted by atomic mass is 9.48. The first-order valence-electron chi connectivity index (χ1n) is 15.7. The van der Waals surface area contributed by atoms with Crippen molar-refractivity contribution in [3.8, 4) is 0 Å². The summed E-state index contributed by atoms with van der Waals surface area (Å²) in [5.74, 6) is -0.387. The third-order valence-corrected chi connectivity index (χ3v) is 11.5. The van der Waals surface area contributed by atoms with Crippen LogP contribution in [0.2, 0.25) is 0 Å². The standard InChI is InChI=1S/C34H41NO6/c1-32-21-27(22-7-9-24(10-8-22)35-17-3-2-4-18-35)30-26-12-11-25(36)20-23(26)13-15-33(30)28(32)14-16-34(32,39)29(37)6-5-19-40-31(38)41-33/h7-10,20,27-28,39H,2-6,11-19,21H2,1H3/t27-,28?,32+,33?,34+/m1/s1. The van der Waals surface area contributed by atoms with Crippen LogP contribution in [0.15, 0.2) is 47.1 Å². The molecule has 1 aromatic carbocycles. The highest BCUT2D eigenvalue weighted by molar-refractivity contribution is 5.93. The molecule has 4 aliphatic carbocycles. The molecule has 7 heteroatoms. The van der Waals surface area contributed by atoms with Crippen molar-refractivity contribution in [1.29, 1.82) is 0 Å². The molecule has 6 aliphatic rings. The summed E-state index contributed by atoms with van der Waals surface area (Å²) < 4.78 is 12.0. The number of carbonyl (C=O) groups excluding carboxylic acids is 3. The minimum atomic E-state index is -1.48. The van der Waals surface area contributed by atoms with E-state index in [1.54, 1.807) is 6.08 Å². The monoisotopic (exact) mass is 559 g/mol. The van der Waals surface area contributed by atoms with E-state index in [1.807, 2.05) is 0 Å². The molecular formula is C34H41NO6. The summed E-state index contributed by atoms with van der Waals surface area (Å²) in [5, 5.41) is 12.3. The van der Waals surface area contributed by atoms with Crippen LogP contribution in [0.4, 0.5) is 10.5 Å². The van der Waals surface area contributed by atoms with E-state index in [2.05, 4.69) is 36.1 Å². The molecular weight excluding hydrogens is 518 g/mol. The maximum atomic E-state index is 13.7. The number of aliphatic hydroxyl groups is 1. The Morgan fingerprint density at radius 1 is 0.927 bits per heavy atom. The third kappa shape index (κ3) is 4.05. The van der Waals surface area contributed by atoms with E-state index >= 15 is 0 Å². The number of nitrogens with zero attached hydrogens (tertiary/aromatic N) is 1. The first-order chi connectivity index (χ1) is 19.7. The fraction of sp³-hybridized carbons (Fsp3) is 0.618. The Hall–Kier alpha value is -2.93. The zero-order valence-electron chi connectivity index (χ0n) is 24.1. The minimum absolute atomic E-state index is 0.0884. The number of ether oxygens (including phenoxy) is 2. The average molecular weight is 560 g/mol. The van der Waals surface area contributed by atoms with Crippen molar-refractivity contribution >= 4 is 23.4 Å². The smallest absolute Gasteiger partial charge is 0.434 e. The number of hydrogen-bond acceptors (Lipinski definition) is 7. The number of allylic oxidation sites excluding steroid dienone is 3. The maximum Gasteiger partial charge on any atom is 0.509 e. The Balaban J connectivity index is 1.42. The highest BCUT2D eigenvalue weighted by Gasteiger charge is 2.71. The van der Waals surface area contributed by atoms with E-state index in [4.69, 9.17) is 9.47 Å². The molecule has 4 bridgehead atoms. The fourth-order valence-electron chi connectivity index (χ4n) is 9.46. The lowest BCUT2D eigenvalue weighted by Crippen LogP contribution is -2.62. The lowest BCUT2D eigenvalue weighted by Gasteiger charge is -2.59. The molecule has 0 amide bonds. The predicted molar refractivity (Wildman–Crippen MR) is 154 cm³/mol. The number of benzene rings is 1. The van der Waals surface area contributed by atoms with Gasteiger partial charge in [0.25, 0.3) is 0 Å². The van der Waals surface area contributed by atoms with Gasteiger partial charge >= 0.3 is 6.16 Å². The number of Topliss-reactive ketones (excluding diaryl/α,β-unsaturated/α-hetero) is 1. The molecule has 0 aromatic heterocycles. The Kier molecular flexibility index (Phi) is 6.45. The molecule has 2 unspecified atom stereocenters. The molecule has 1 N–H and O–H groups in total. The van der Waals surface area contributed by atoms with Crippen LogP contribution >= 0.6 is 0 Å². The first kappa shape index (κ1) is 26.9. The van der Waals surface area contributed by atoms with Crippen molar-refractivity contribution in [3.05, 3.63) is 52.6 Å². The second-order valence-corrected chi connectivity index (χ2v) is 13.4. The normalized spacial score (nSPS) is 37.4. The summed E-state index contributed by atoms with van der Waals surface area (Å²) in [6.45, 7) is 4.27. The van der Waals surface area contributed by atoms with Crippen LogP contribution in [-0.4, -0.2) is 53.7 Å². The molecule has 1 spiro atoms. The molecule has 2 saturated carbocycles. The summed E-state index contributed by atoms with van der Waals surface area (Å²) in [5.41, 5.74) is 2.31. The molecule has 5 atom stereocenters. The number of carbonyl (C=O) groups is 3. The van der Waals surface area contributed by atoms with Gasteiger partial charge in [-0.25, -0.2) is 4.79 Å². The molecule has 2 heterocycles. The summed E-state index contributed by atoms with van der Waals surface area (Å²) in [4.78, 5) is 41.9. The second-order valence-electron chi connectivity index (χ2n) is 13.4. The van der Waals surface area contributed by atoms with Crippen molar-refractivity contribution in [1.82, 2.24) is 0 Å². The number of hydrogen-bond donors (Lipinski definition) is 1. The summed E-state index contributed by atoms with van der Waals surface area (Å²) in [6.07, 6.45) is 9.09. The van der Waals surface area contributed by atoms with Crippen molar-refractivity contribution in [2.24, 2.45) is 11.3 Å². The second kappa shape index (κ2) is 9.82. The van der Waals surface area contributed by atoms with Gasteiger partial charge in [-0.15, -0.1) is 0 Å². The zero-order chi connectivity index (χ0) is 28.4. The predicted octanol–water partition coefficient (Wildman–Crippen LogP) is 5.95. The van der Waals surface area contributed by atoms with Gasteiger partial charge in [-0.2, -0.15) is 0 Å². The van der Waals surface area contributed by atoms with Crippen molar-refractivity contribution in [2.75, 3.05) is 24.6 Å². The van der Waals surface area contributed by atoms with Gasteiger partial charge in [0, 0.05) is 48.9 Å². The molecule has 4 fully saturated rings. The maximum absolute atomic E-state index is 13.7. The van der Waals surface area contributed by atoms with Crippen molar-refractivity contribution in [3.63, 3.8) is 0 Å². The highest BCUT2D eigenvalue weighted by Crippen LogP contribution is 2.69. The number of ketones is 2. The molecule has 2 aliphatic heterocycles. The van der Waals surface area contributed by atoms with Crippen molar-refractivity contribution in [2.45, 2.75) is 101 Å². The van der Waals surface area contributed by atoms with Crippen LogP contribution in [0.5, 0.6) is 0 Å². The van der Waals surface area contributed by atoms with Crippen LogP contribution in [-0.2, 0) is 19.1 Å². The van der Waals surface area contributed by atoms with E-state index in [1.165, 1.54) is 24.9 Å². The Labute approximate surface area is 242 Å². The number of piperidine rings is 1. The van der Waals surface area contributed by atoms with Crippen LogP contribution in [0.1, 0.15) is 95.5 Å². The quantitative estimate of drug-likeness (QED) is 0.448. The van der Waals surface area contributed by atoms with Crippen LogP contribution < -0.4 is 4.90 Å². The molecule has 2 saturated heterocycles. The lowest BCUT2D eigenvalue weighted by molar-refractivity contribution is -0.166. The number of fused-ring (bicyclic) bond motifs is 1. The molecule has 218 valence electrons. The Morgan fingerprint density at radius 3 is 2.49 bits per heavy atom. The van der Waals surface area contributed by atoms with Gasteiger partial charge in [-0.1, -0.05) is 19.1 Å². The largest absolute Gasteiger partial charge is 0.509 e. The Morgan fingerprint density at radius 2 is 1.71 bits per heavy atom. The highest BCUT2D eigenvalue weighted by atomic mass is 16.7. The van der Waals surface area contributed by atoms with E-state index in [9.17, 15) is 19.5 Å². The van der Waals surface area contributed by atoms with E-state index in [0.29, 0.717) is 51.4 Å². The summed E-state index contributed by atoms with van der Waals surface area (Å²) >= 11 is 0. The summed E-state index contributed by atoms with van der Waals surface area (Å²) in [6, 6.07) is 8.77. The van der Waals surface area contributed by atoms with Gasteiger partial charge in [-0.05, 0) is 105 Å². The van der Waals surface area contributed by atoms with Gasteiger partial charge < -0.3 is 19.5 Å². The van der Waals surface area contributed by atoms with Crippen LogP contribution in [0, 0.1) is 11.3 Å². The zero-order valence-corrected chi connectivity index (χ0v) is 24.1. The van der Waals surface area contributed by atoms with E-state index in [-0.39, 0.29) is 36.4 Å². The van der Waals surface area contributed by atoms with Crippen molar-refractivity contribution < 1.29 is 29.0 Å². The summed E-state index contributed by atoms with van der Waals surface area (Å²) in [7, 11) is 0. The van der Waals surface area contributed by atoms with Gasteiger partial charge in [-0.3, -0.25) is 9.59 Å². The molecule has 0 radical (unpaired) electrons. The number of cyclic esters (lactones) is 1. The van der Waals surface area contributed by atoms with Gasteiger partial charge in [0.05, 0.1) is 6.61 Å².